The van der Waals surface area contributed by atoms with Gasteiger partial charge in [-0.05, 0) is 49.2 Å². The van der Waals surface area contributed by atoms with Crippen LogP contribution in [0.2, 0.25) is 0 Å². The van der Waals surface area contributed by atoms with Gasteiger partial charge in [-0.2, -0.15) is 5.10 Å². The van der Waals surface area contributed by atoms with Crippen LogP contribution < -0.4 is 5.32 Å². The van der Waals surface area contributed by atoms with Crippen LogP contribution >= 0.6 is 0 Å². The summed E-state index contributed by atoms with van der Waals surface area (Å²) in [5.74, 6) is 0.602. The number of likely N-dealkylation sites (tertiary alicyclic amines) is 1. The second kappa shape index (κ2) is 9.42. The first-order valence-corrected chi connectivity index (χ1v) is 12.4. The molecule has 0 spiro atoms. The zero-order valence-corrected chi connectivity index (χ0v) is 20.5. The third-order valence-electron chi connectivity index (χ3n) is 6.93. The van der Waals surface area contributed by atoms with Crippen molar-refractivity contribution >= 4 is 28.8 Å². The average Bonchev–Trinajstić information content (AvgIpc) is 3.68. The minimum Gasteiger partial charge on any atom is -0.338 e. The van der Waals surface area contributed by atoms with Crippen molar-refractivity contribution in [1.29, 1.82) is 0 Å². The molecular formula is C28H27N7O2. The van der Waals surface area contributed by atoms with E-state index in [9.17, 15) is 9.59 Å². The number of hydrogen-bond acceptors (Lipinski definition) is 4. The molecule has 2 aromatic carbocycles. The van der Waals surface area contributed by atoms with Crippen LogP contribution in [0.4, 0.5) is 5.95 Å². The fourth-order valence-corrected chi connectivity index (χ4v) is 4.99. The fraction of sp³-hybridized carbons (Fsp3) is 0.214. The highest BCUT2D eigenvalue weighted by molar-refractivity contribution is 5.98. The van der Waals surface area contributed by atoms with E-state index in [1.807, 2.05) is 95.3 Å². The number of rotatable bonds is 5. The van der Waals surface area contributed by atoms with E-state index in [4.69, 9.17) is 0 Å². The predicted octanol–water partition coefficient (Wildman–Crippen LogP) is 4.04. The topological polar surface area (TPSA) is 90.0 Å². The Kier molecular flexibility index (Phi) is 5.80. The van der Waals surface area contributed by atoms with E-state index < -0.39 is 0 Å². The molecular weight excluding hydrogens is 466 g/mol. The number of carbonyl (C=O) groups is 2. The molecule has 1 fully saturated rings. The molecule has 0 aliphatic carbocycles. The number of hydrogen-bond donors (Lipinski definition) is 1. The Bertz CT molecular complexity index is 1570. The zero-order valence-electron chi connectivity index (χ0n) is 20.5. The quantitative estimate of drug-likeness (QED) is 0.400. The van der Waals surface area contributed by atoms with Crippen molar-refractivity contribution < 1.29 is 9.59 Å². The molecule has 1 N–H and O–H groups in total. The number of nitrogens with zero attached hydrogens (tertiary/aromatic N) is 6. The maximum atomic E-state index is 13.8. The average molecular weight is 494 g/mol. The molecule has 0 bridgehead atoms. The molecule has 1 unspecified atom stereocenters. The molecule has 2 amide bonds. The monoisotopic (exact) mass is 493 g/mol. The Balaban J connectivity index is 1.24. The Morgan fingerprint density at radius 2 is 1.73 bits per heavy atom. The fourth-order valence-electron chi connectivity index (χ4n) is 4.99. The summed E-state index contributed by atoms with van der Waals surface area (Å²) in [5, 5.41) is 7.54. The highest BCUT2D eigenvalue weighted by Crippen LogP contribution is 2.25. The summed E-state index contributed by atoms with van der Waals surface area (Å²) < 4.78 is 5.54. The maximum absolute atomic E-state index is 13.8. The van der Waals surface area contributed by atoms with Crippen LogP contribution in [0.25, 0.3) is 22.5 Å². The van der Waals surface area contributed by atoms with Crippen LogP contribution in [-0.4, -0.2) is 53.7 Å². The van der Waals surface area contributed by atoms with Gasteiger partial charge in [0.05, 0.1) is 28.8 Å². The second-order valence-corrected chi connectivity index (χ2v) is 9.28. The first kappa shape index (κ1) is 22.8. The number of carbonyl (C=O) groups excluding carboxylic acids is 2. The van der Waals surface area contributed by atoms with Crippen LogP contribution in [0.1, 0.15) is 23.2 Å². The van der Waals surface area contributed by atoms with Crippen molar-refractivity contribution in [3.63, 3.8) is 0 Å². The van der Waals surface area contributed by atoms with Gasteiger partial charge in [0, 0.05) is 32.5 Å². The van der Waals surface area contributed by atoms with Crippen LogP contribution in [0, 0.1) is 5.92 Å². The van der Waals surface area contributed by atoms with Gasteiger partial charge in [-0.3, -0.25) is 14.9 Å². The molecule has 9 nitrogen and oxygen atoms in total. The van der Waals surface area contributed by atoms with Gasteiger partial charge in [0.2, 0.25) is 11.9 Å². The molecule has 1 aliphatic heterocycles. The van der Waals surface area contributed by atoms with E-state index in [-0.39, 0.29) is 17.7 Å². The molecule has 6 rings (SSSR count). The Labute approximate surface area is 213 Å². The zero-order chi connectivity index (χ0) is 25.4. The molecule has 5 aromatic rings. The largest absolute Gasteiger partial charge is 0.338 e. The lowest BCUT2D eigenvalue weighted by molar-refractivity contribution is -0.121. The number of nitrogens with one attached hydrogen (secondary N) is 1. The van der Waals surface area contributed by atoms with E-state index in [0.29, 0.717) is 36.8 Å². The first-order valence-electron chi connectivity index (χ1n) is 12.4. The number of aryl methyl sites for hydroxylation is 1. The molecule has 37 heavy (non-hydrogen) atoms. The second-order valence-electron chi connectivity index (χ2n) is 9.28. The van der Waals surface area contributed by atoms with E-state index in [1.165, 1.54) is 0 Å². The summed E-state index contributed by atoms with van der Waals surface area (Å²) in [4.78, 5) is 33.3. The number of benzene rings is 2. The number of para-hydroxylation sites is 3. The number of amides is 2. The molecule has 4 heterocycles. The summed E-state index contributed by atoms with van der Waals surface area (Å²) in [5.41, 5.74) is 3.14. The Morgan fingerprint density at radius 1 is 0.973 bits per heavy atom. The van der Waals surface area contributed by atoms with E-state index in [2.05, 4.69) is 15.4 Å². The van der Waals surface area contributed by atoms with E-state index in [1.54, 1.807) is 15.8 Å². The lowest BCUT2D eigenvalue weighted by atomic mass is 9.96. The Hall–Kier alpha value is -4.66. The van der Waals surface area contributed by atoms with Crippen LogP contribution in [-0.2, 0) is 11.8 Å². The van der Waals surface area contributed by atoms with Crippen LogP contribution in [0.3, 0.4) is 0 Å². The predicted molar refractivity (Wildman–Crippen MR) is 141 cm³/mol. The van der Waals surface area contributed by atoms with Crippen molar-refractivity contribution in [1.82, 2.24) is 28.8 Å². The smallest absolute Gasteiger partial charge is 0.259 e. The van der Waals surface area contributed by atoms with Gasteiger partial charge in [0.25, 0.3) is 5.91 Å². The first-order chi connectivity index (χ1) is 18.1. The standard InChI is InChI=1S/C28H27N7O2/c1-32-24-14-6-5-13-23(24)30-28(32)31-25(36)20-10-9-17-34(19-20)27(37)22-18-29-35(21-11-3-2-4-12-21)26(22)33-15-7-8-16-33/h2-8,11-16,18,20H,9-10,17,19H2,1H3,(H,30,31,36). The Morgan fingerprint density at radius 3 is 2.51 bits per heavy atom. The van der Waals surface area contributed by atoms with E-state index >= 15 is 0 Å². The maximum Gasteiger partial charge on any atom is 0.259 e. The highest BCUT2D eigenvalue weighted by atomic mass is 16.2. The van der Waals surface area contributed by atoms with Crippen molar-refractivity contribution in [3.8, 4) is 11.5 Å². The van der Waals surface area contributed by atoms with Gasteiger partial charge in [-0.1, -0.05) is 30.3 Å². The number of imidazole rings is 1. The van der Waals surface area contributed by atoms with Gasteiger partial charge < -0.3 is 14.0 Å². The number of aromatic nitrogens is 5. The normalized spacial score (nSPS) is 15.7. The summed E-state index contributed by atoms with van der Waals surface area (Å²) in [6, 6.07) is 21.3. The van der Waals surface area contributed by atoms with Gasteiger partial charge in [-0.15, -0.1) is 0 Å². The molecule has 9 heteroatoms. The van der Waals surface area contributed by atoms with Gasteiger partial charge in [0.15, 0.2) is 5.82 Å². The van der Waals surface area contributed by atoms with Gasteiger partial charge in [-0.25, -0.2) is 9.67 Å². The minimum atomic E-state index is -0.322. The number of piperidine rings is 1. The van der Waals surface area contributed by atoms with Gasteiger partial charge in [0.1, 0.15) is 5.56 Å². The minimum absolute atomic E-state index is 0.124. The number of anilines is 1. The van der Waals surface area contributed by atoms with Crippen molar-refractivity contribution in [2.24, 2.45) is 13.0 Å². The summed E-state index contributed by atoms with van der Waals surface area (Å²) >= 11 is 0. The molecule has 1 aliphatic rings. The number of fused-ring (bicyclic) bond motifs is 1. The van der Waals surface area contributed by atoms with Crippen molar-refractivity contribution in [2.45, 2.75) is 12.8 Å². The SMILES string of the molecule is Cn1c(NC(=O)C2CCCN(C(=O)c3cnn(-c4ccccc4)c3-n3cccc3)C2)nc2ccccc21. The van der Waals surface area contributed by atoms with Crippen LogP contribution in [0.15, 0.2) is 85.3 Å². The lowest BCUT2D eigenvalue weighted by Crippen LogP contribution is -2.44. The third kappa shape index (κ3) is 4.18. The highest BCUT2D eigenvalue weighted by Gasteiger charge is 2.32. The lowest BCUT2D eigenvalue weighted by Gasteiger charge is -2.32. The molecule has 0 saturated carbocycles. The van der Waals surface area contributed by atoms with Crippen molar-refractivity contribution in [2.75, 3.05) is 18.4 Å². The van der Waals surface area contributed by atoms with Crippen LogP contribution in [0.5, 0.6) is 0 Å². The van der Waals surface area contributed by atoms with E-state index in [0.717, 1.165) is 23.1 Å². The molecule has 1 atom stereocenters. The molecule has 0 radical (unpaired) electrons. The molecule has 186 valence electrons. The summed E-state index contributed by atoms with van der Waals surface area (Å²) in [7, 11) is 1.88. The summed E-state index contributed by atoms with van der Waals surface area (Å²) in [6.07, 6.45) is 6.88. The molecule has 1 saturated heterocycles. The third-order valence-corrected chi connectivity index (χ3v) is 6.93. The van der Waals surface area contributed by atoms with Crippen molar-refractivity contribution in [3.05, 3.63) is 90.9 Å². The van der Waals surface area contributed by atoms with Gasteiger partial charge >= 0.3 is 0 Å². The molecule has 3 aromatic heterocycles. The summed E-state index contributed by atoms with van der Waals surface area (Å²) in [6.45, 7) is 0.937.